The van der Waals surface area contributed by atoms with Crippen molar-refractivity contribution in [1.82, 2.24) is 4.98 Å². The Bertz CT molecular complexity index is 559. The Morgan fingerprint density at radius 3 is 2.95 bits per heavy atom. The second kappa shape index (κ2) is 5.30. The Morgan fingerprint density at radius 1 is 1.21 bits per heavy atom. The number of rotatable bonds is 2. The molecule has 19 heavy (non-hydrogen) atoms. The number of pyridine rings is 1. The van der Waals surface area contributed by atoms with Crippen molar-refractivity contribution in [3.63, 3.8) is 0 Å². The molecule has 100 valence electrons. The number of aromatic nitrogens is 1. The molecule has 1 heterocycles. The van der Waals surface area contributed by atoms with Crippen LogP contribution in [0.5, 0.6) is 0 Å². The largest absolute Gasteiger partial charge is 0.330 e. The quantitative estimate of drug-likeness (QED) is 0.887. The van der Waals surface area contributed by atoms with Crippen LogP contribution in [0, 0.1) is 11.8 Å². The van der Waals surface area contributed by atoms with Gasteiger partial charge in [0.1, 0.15) is 0 Å². The first-order chi connectivity index (χ1) is 9.29. The molecule has 2 aromatic rings. The average molecular weight is 254 g/mol. The first kappa shape index (κ1) is 12.6. The Morgan fingerprint density at radius 2 is 2.11 bits per heavy atom. The summed E-state index contributed by atoms with van der Waals surface area (Å²) in [7, 11) is 0. The van der Waals surface area contributed by atoms with Crippen LogP contribution in [-0.2, 0) is 0 Å². The van der Waals surface area contributed by atoms with Crippen molar-refractivity contribution in [3.05, 3.63) is 42.1 Å². The van der Waals surface area contributed by atoms with E-state index in [1.807, 2.05) is 12.3 Å². The molecule has 2 heteroatoms. The van der Waals surface area contributed by atoms with E-state index in [9.17, 15) is 0 Å². The van der Waals surface area contributed by atoms with E-state index in [0.29, 0.717) is 11.8 Å². The number of nitrogens with zero attached hydrogens (tertiary/aromatic N) is 1. The molecular weight excluding hydrogens is 232 g/mol. The molecule has 1 saturated carbocycles. The van der Waals surface area contributed by atoms with Crippen molar-refractivity contribution in [1.29, 1.82) is 0 Å². The standard InChI is InChI=1S/C17H22N2/c1-12-7-8-13(11-18)16(10-12)14-4-2-6-17-15(14)5-3-9-19-17/h2-6,9,12-13,16H,7-8,10-11,18H2,1H3. The van der Waals surface area contributed by atoms with E-state index in [-0.39, 0.29) is 0 Å². The second-order valence-electron chi connectivity index (χ2n) is 5.94. The normalized spacial score (nSPS) is 27.6. The molecule has 0 saturated heterocycles. The van der Waals surface area contributed by atoms with Gasteiger partial charge in [-0.3, -0.25) is 4.98 Å². The van der Waals surface area contributed by atoms with Gasteiger partial charge in [0.15, 0.2) is 0 Å². The van der Waals surface area contributed by atoms with Gasteiger partial charge in [-0.1, -0.05) is 31.5 Å². The first-order valence-corrected chi connectivity index (χ1v) is 7.33. The summed E-state index contributed by atoms with van der Waals surface area (Å²) in [5.74, 6) is 2.03. The highest BCUT2D eigenvalue weighted by Gasteiger charge is 2.29. The fourth-order valence-electron chi connectivity index (χ4n) is 3.56. The second-order valence-corrected chi connectivity index (χ2v) is 5.94. The monoisotopic (exact) mass is 254 g/mol. The van der Waals surface area contributed by atoms with Crippen LogP contribution in [0.1, 0.15) is 37.7 Å². The van der Waals surface area contributed by atoms with Crippen molar-refractivity contribution in [2.75, 3.05) is 6.54 Å². The van der Waals surface area contributed by atoms with Gasteiger partial charge in [0.05, 0.1) is 5.52 Å². The van der Waals surface area contributed by atoms with Gasteiger partial charge in [-0.25, -0.2) is 0 Å². The zero-order chi connectivity index (χ0) is 13.2. The van der Waals surface area contributed by atoms with E-state index in [1.54, 1.807) is 0 Å². The lowest BCUT2D eigenvalue weighted by Gasteiger charge is -2.35. The summed E-state index contributed by atoms with van der Waals surface area (Å²) in [6, 6.07) is 10.7. The molecule has 0 radical (unpaired) electrons. The summed E-state index contributed by atoms with van der Waals surface area (Å²) in [6.07, 6.45) is 5.71. The summed E-state index contributed by atoms with van der Waals surface area (Å²) in [6.45, 7) is 3.16. The third kappa shape index (κ3) is 2.37. The molecule has 3 unspecified atom stereocenters. The minimum Gasteiger partial charge on any atom is -0.330 e. The Hall–Kier alpha value is -1.41. The molecule has 3 atom stereocenters. The van der Waals surface area contributed by atoms with Gasteiger partial charge < -0.3 is 5.73 Å². The molecule has 1 aliphatic carbocycles. The van der Waals surface area contributed by atoms with Crippen molar-refractivity contribution >= 4 is 10.9 Å². The predicted molar refractivity (Wildman–Crippen MR) is 80.0 cm³/mol. The fraction of sp³-hybridized carbons (Fsp3) is 0.471. The van der Waals surface area contributed by atoms with Crippen LogP contribution in [0.2, 0.25) is 0 Å². The lowest BCUT2D eigenvalue weighted by atomic mass is 9.71. The minimum atomic E-state index is 0.599. The van der Waals surface area contributed by atoms with E-state index in [1.165, 1.54) is 30.2 Å². The van der Waals surface area contributed by atoms with Gasteiger partial charge in [0.2, 0.25) is 0 Å². The van der Waals surface area contributed by atoms with Crippen LogP contribution in [0.3, 0.4) is 0 Å². The van der Waals surface area contributed by atoms with Crippen molar-refractivity contribution in [2.45, 2.75) is 32.1 Å². The molecular formula is C17H22N2. The van der Waals surface area contributed by atoms with E-state index < -0.39 is 0 Å². The van der Waals surface area contributed by atoms with Crippen LogP contribution >= 0.6 is 0 Å². The Balaban J connectivity index is 2.06. The smallest absolute Gasteiger partial charge is 0.0704 e. The summed E-state index contributed by atoms with van der Waals surface area (Å²) < 4.78 is 0. The highest BCUT2D eigenvalue weighted by atomic mass is 14.6. The lowest BCUT2D eigenvalue weighted by Crippen LogP contribution is -2.28. The maximum absolute atomic E-state index is 6.00. The van der Waals surface area contributed by atoms with Crippen LogP contribution in [0.4, 0.5) is 0 Å². The molecule has 0 aliphatic heterocycles. The fourth-order valence-corrected chi connectivity index (χ4v) is 3.56. The average Bonchev–Trinajstić information content (AvgIpc) is 2.46. The minimum absolute atomic E-state index is 0.599. The van der Waals surface area contributed by atoms with Crippen molar-refractivity contribution in [3.8, 4) is 0 Å². The van der Waals surface area contributed by atoms with E-state index in [4.69, 9.17) is 5.73 Å². The van der Waals surface area contributed by atoms with E-state index >= 15 is 0 Å². The van der Waals surface area contributed by atoms with Gasteiger partial charge in [0, 0.05) is 11.6 Å². The maximum Gasteiger partial charge on any atom is 0.0704 e. The highest BCUT2D eigenvalue weighted by molar-refractivity contribution is 5.82. The third-order valence-electron chi connectivity index (χ3n) is 4.64. The third-order valence-corrected chi connectivity index (χ3v) is 4.64. The van der Waals surface area contributed by atoms with Crippen molar-refractivity contribution in [2.24, 2.45) is 17.6 Å². The molecule has 0 bridgehead atoms. The van der Waals surface area contributed by atoms with E-state index in [2.05, 4.69) is 36.2 Å². The van der Waals surface area contributed by atoms with Gasteiger partial charge in [-0.05, 0) is 54.8 Å². The summed E-state index contributed by atoms with van der Waals surface area (Å²) in [5, 5.41) is 1.31. The van der Waals surface area contributed by atoms with Gasteiger partial charge in [-0.2, -0.15) is 0 Å². The molecule has 0 amide bonds. The number of hydrogen-bond donors (Lipinski definition) is 1. The topological polar surface area (TPSA) is 38.9 Å². The predicted octanol–water partition coefficient (Wildman–Crippen LogP) is 3.71. The van der Waals surface area contributed by atoms with Crippen LogP contribution in [0.25, 0.3) is 10.9 Å². The molecule has 1 aromatic carbocycles. The molecule has 2 nitrogen and oxygen atoms in total. The summed E-state index contributed by atoms with van der Waals surface area (Å²) in [4.78, 5) is 4.48. The molecule has 2 N–H and O–H groups in total. The number of benzene rings is 1. The van der Waals surface area contributed by atoms with Crippen LogP contribution < -0.4 is 5.73 Å². The summed E-state index contributed by atoms with van der Waals surface area (Å²) in [5.41, 5.74) is 8.56. The molecule has 1 fully saturated rings. The number of hydrogen-bond acceptors (Lipinski definition) is 2. The van der Waals surface area contributed by atoms with Gasteiger partial charge >= 0.3 is 0 Å². The number of nitrogens with two attached hydrogens (primary N) is 1. The molecule has 3 rings (SSSR count). The molecule has 1 aliphatic rings. The highest BCUT2D eigenvalue weighted by Crippen LogP contribution is 2.41. The molecule has 1 aromatic heterocycles. The summed E-state index contributed by atoms with van der Waals surface area (Å²) >= 11 is 0. The Kier molecular flexibility index (Phi) is 3.52. The van der Waals surface area contributed by atoms with E-state index in [0.717, 1.165) is 18.0 Å². The number of fused-ring (bicyclic) bond motifs is 1. The zero-order valence-corrected chi connectivity index (χ0v) is 11.5. The molecule has 0 spiro atoms. The van der Waals surface area contributed by atoms with Gasteiger partial charge in [0.25, 0.3) is 0 Å². The maximum atomic E-state index is 6.00. The first-order valence-electron chi connectivity index (χ1n) is 7.33. The zero-order valence-electron chi connectivity index (χ0n) is 11.5. The lowest BCUT2D eigenvalue weighted by molar-refractivity contribution is 0.255. The van der Waals surface area contributed by atoms with Gasteiger partial charge in [-0.15, -0.1) is 0 Å². The SMILES string of the molecule is CC1CCC(CN)C(c2cccc3ncccc23)C1. The Labute approximate surface area is 115 Å². The van der Waals surface area contributed by atoms with Crippen molar-refractivity contribution < 1.29 is 0 Å². The van der Waals surface area contributed by atoms with Crippen LogP contribution in [-0.4, -0.2) is 11.5 Å². The van der Waals surface area contributed by atoms with Crippen LogP contribution in [0.15, 0.2) is 36.5 Å².